The third kappa shape index (κ3) is 3.72. The molecular formula is C20H25N3O4. The van der Waals surface area contributed by atoms with Gasteiger partial charge in [-0.25, -0.2) is 4.68 Å². The van der Waals surface area contributed by atoms with E-state index in [1.54, 1.807) is 29.2 Å². The van der Waals surface area contributed by atoms with E-state index >= 15 is 0 Å². The number of rotatable bonds is 4. The van der Waals surface area contributed by atoms with Gasteiger partial charge in [0.1, 0.15) is 0 Å². The SMILES string of the molecule is CC(C)Cn1nc(C(=O)N2CC(C(=O)O)CCC2C)c2ccccc2c1=O. The zero-order valence-corrected chi connectivity index (χ0v) is 15.9. The van der Waals surface area contributed by atoms with Crippen LogP contribution in [0.4, 0.5) is 0 Å². The Morgan fingerprint density at radius 1 is 1.22 bits per heavy atom. The maximum absolute atomic E-state index is 13.3. The van der Waals surface area contributed by atoms with Gasteiger partial charge in [0.2, 0.25) is 0 Å². The van der Waals surface area contributed by atoms with Crippen LogP contribution >= 0.6 is 0 Å². The molecule has 1 fully saturated rings. The Hall–Kier alpha value is -2.70. The number of amides is 1. The fraction of sp³-hybridized carbons (Fsp3) is 0.500. The standard InChI is InChI=1S/C20H25N3O4/c1-12(2)10-23-18(24)16-7-5-4-6-15(16)17(21-23)19(25)22-11-14(20(26)27)9-8-13(22)3/h4-7,12-14H,8-11H2,1-3H3,(H,26,27). The van der Waals surface area contributed by atoms with Crippen LogP contribution in [0, 0.1) is 11.8 Å². The highest BCUT2D eigenvalue weighted by molar-refractivity contribution is 6.05. The maximum atomic E-state index is 13.3. The van der Waals surface area contributed by atoms with Crippen molar-refractivity contribution in [2.24, 2.45) is 11.8 Å². The van der Waals surface area contributed by atoms with Crippen LogP contribution in [0.3, 0.4) is 0 Å². The largest absolute Gasteiger partial charge is 0.481 e. The fourth-order valence-electron chi connectivity index (χ4n) is 3.59. The van der Waals surface area contributed by atoms with Crippen molar-refractivity contribution in [2.45, 2.75) is 46.2 Å². The summed E-state index contributed by atoms with van der Waals surface area (Å²) in [5.74, 6) is -1.58. The summed E-state index contributed by atoms with van der Waals surface area (Å²) in [6.45, 7) is 6.46. The van der Waals surface area contributed by atoms with Gasteiger partial charge in [-0.3, -0.25) is 14.4 Å². The molecule has 1 amide bonds. The van der Waals surface area contributed by atoms with Crippen LogP contribution in [0.1, 0.15) is 44.1 Å². The van der Waals surface area contributed by atoms with Gasteiger partial charge in [-0.2, -0.15) is 5.10 Å². The maximum Gasteiger partial charge on any atom is 0.308 e. The molecule has 2 aromatic rings. The highest BCUT2D eigenvalue weighted by Crippen LogP contribution is 2.25. The summed E-state index contributed by atoms with van der Waals surface area (Å²) < 4.78 is 1.35. The lowest BCUT2D eigenvalue weighted by atomic mass is 9.93. The summed E-state index contributed by atoms with van der Waals surface area (Å²) in [6.07, 6.45) is 1.19. The van der Waals surface area contributed by atoms with E-state index in [1.165, 1.54) is 4.68 Å². The number of carbonyl (C=O) groups excluding carboxylic acids is 1. The molecule has 7 heteroatoms. The lowest BCUT2D eigenvalue weighted by Gasteiger charge is -2.36. The van der Waals surface area contributed by atoms with E-state index in [1.807, 2.05) is 20.8 Å². The van der Waals surface area contributed by atoms with Crippen molar-refractivity contribution in [3.05, 3.63) is 40.3 Å². The Labute approximate surface area is 157 Å². The molecule has 0 saturated carbocycles. The monoisotopic (exact) mass is 371 g/mol. The lowest BCUT2D eigenvalue weighted by Crippen LogP contribution is -2.48. The van der Waals surface area contributed by atoms with Crippen molar-refractivity contribution in [1.82, 2.24) is 14.7 Å². The minimum Gasteiger partial charge on any atom is -0.481 e. The van der Waals surface area contributed by atoms with Gasteiger partial charge in [0.05, 0.1) is 11.3 Å². The predicted molar refractivity (Wildman–Crippen MR) is 102 cm³/mol. The summed E-state index contributed by atoms with van der Waals surface area (Å²) in [6, 6.07) is 6.89. The molecule has 7 nitrogen and oxygen atoms in total. The molecule has 0 spiro atoms. The molecular weight excluding hydrogens is 346 g/mol. The molecule has 144 valence electrons. The first-order valence-corrected chi connectivity index (χ1v) is 9.33. The third-order valence-corrected chi connectivity index (χ3v) is 5.10. The average Bonchev–Trinajstić information content (AvgIpc) is 2.63. The quantitative estimate of drug-likeness (QED) is 0.891. The van der Waals surface area contributed by atoms with Crippen molar-refractivity contribution in [3.8, 4) is 0 Å². The second-order valence-electron chi connectivity index (χ2n) is 7.69. The van der Waals surface area contributed by atoms with Crippen molar-refractivity contribution >= 4 is 22.6 Å². The van der Waals surface area contributed by atoms with Crippen LogP contribution in [0.5, 0.6) is 0 Å². The zero-order valence-electron chi connectivity index (χ0n) is 15.9. The van der Waals surface area contributed by atoms with Gasteiger partial charge in [-0.1, -0.05) is 32.0 Å². The number of hydrogen-bond donors (Lipinski definition) is 1. The van der Waals surface area contributed by atoms with Crippen molar-refractivity contribution < 1.29 is 14.7 Å². The molecule has 2 atom stereocenters. The van der Waals surface area contributed by atoms with E-state index in [-0.39, 0.29) is 35.7 Å². The number of aliphatic carboxylic acids is 1. The summed E-state index contributed by atoms with van der Waals surface area (Å²) in [5, 5.41) is 14.7. The third-order valence-electron chi connectivity index (χ3n) is 5.10. The number of hydrogen-bond acceptors (Lipinski definition) is 4. The number of carbonyl (C=O) groups is 2. The molecule has 2 unspecified atom stereocenters. The molecule has 1 aliphatic rings. The molecule has 2 heterocycles. The number of carboxylic acid groups (broad SMARTS) is 1. The smallest absolute Gasteiger partial charge is 0.308 e. The number of piperidine rings is 1. The molecule has 27 heavy (non-hydrogen) atoms. The van der Waals surface area contributed by atoms with Crippen molar-refractivity contribution in [3.63, 3.8) is 0 Å². The van der Waals surface area contributed by atoms with Gasteiger partial charge in [0.15, 0.2) is 5.69 Å². The molecule has 0 radical (unpaired) electrons. The van der Waals surface area contributed by atoms with E-state index in [2.05, 4.69) is 5.10 Å². The summed E-state index contributed by atoms with van der Waals surface area (Å²) in [4.78, 5) is 39.0. The molecule has 1 aliphatic heterocycles. The molecule has 0 bridgehead atoms. The highest BCUT2D eigenvalue weighted by Gasteiger charge is 2.34. The number of aromatic nitrogens is 2. The Balaban J connectivity index is 2.09. The lowest BCUT2D eigenvalue weighted by molar-refractivity contribution is -0.143. The van der Waals surface area contributed by atoms with E-state index in [4.69, 9.17) is 0 Å². The topological polar surface area (TPSA) is 92.5 Å². The second kappa shape index (κ2) is 7.50. The molecule has 1 aromatic carbocycles. The highest BCUT2D eigenvalue weighted by atomic mass is 16.4. The van der Waals surface area contributed by atoms with Crippen LogP contribution in [-0.2, 0) is 11.3 Å². The summed E-state index contributed by atoms with van der Waals surface area (Å²) in [5.41, 5.74) is -0.00491. The van der Waals surface area contributed by atoms with E-state index < -0.39 is 11.9 Å². The molecule has 1 saturated heterocycles. The summed E-state index contributed by atoms with van der Waals surface area (Å²) >= 11 is 0. The van der Waals surface area contributed by atoms with Crippen molar-refractivity contribution in [2.75, 3.05) is 6.54 Å². The first-order valence-electron chi connectivity index (χ1n) is 9.33. The summed E-state index contributed by atoms with van der Waals surface area (Å²) in [7, 11) is 0. The minimum atomic E-state index is -0.887. The van der Waals surface area contributed by atoms with Gasteiger partial charge in [0, 0.05) is 24.5 Å². The zero-order chi connectivity index (χ0) is 19.7. The second-order valence-corrected chi connectivity index (χ2v) is 7.69. The van der Waals surface area contributed by atoms with E-state index in [0.29, 0.717) is 30.2 Å². The van der Waals surface area contributed by atoms with Gasteiger partial charge < -0.3 is 10.0 Å². The molecule has 1 aromatic heterocycles. The van der Waals surface area contributed by atoms with E-state index in [9.17, 15) is 19.5 Å². The number of fused-ring (bicyclic) bond motifs is 1. The molecule has 1 N–H and O–H groups in total. The number of nitrogens with zero attached hydrogens (tertiary/aromatic N) is 3. The Morgan fingerprint density at radius 3 is 2.52 bits per heavy atom. The van der Waals surface area contributed by atoms with Crippen LogP contribution < -0.4 is 5.56 Å². The van der Waals surface area contributed by atoms with Gasteiger partial charge in [0.25, 0.3) is 11.5 Å². The van der Waals surface area contributed by atoms with Crippen molar-refractivity contribution in [1.29, 1.82) is 0 Å². The molecule has 0 aliphatic carbocycles. The average molecular weight is 371 g/mol. The van der Waals surface area contributed by atoms with Gasteiger partial charge >= 0.3 is 5.97 Å². The fourth-order valence-corrected chi connectivity index (χ4v) is 3.59. The Morgan fingerprint density at radius 2 is 1.89 bits per heavy atom. The number of likely N-dealkylation sites (tertiary alicyclic amines) is 1. The Kier molecular flexibility index (Phi) is 5.30. The van der Waals surface area contributed by atoms with Crippen LogP contribution in [0.2, 0.25) is 0 Å². The molecule has 3 rings (SSSR count). The predicted octanol–water partition coefficient (Wildman–Crippen LogP) is 2.38. The van der Waals surface area contributed by atoms with Crippen LogP contribution in [0.25, 0.3) is 10.8 Å². The normalized spacial score (nSPS) is 20.2. The van der Waals surface area contributed by atoms with Crippen LogP contribution in [0.15, 0.2) is 29.1 Å². The first-order chi connectivity index (χ1) is 12.8. The van der Waals surface area contributed by atoms with E-state index in [0.717, 1.165) is 0 Å². The minimum absolute atomic E-state index is 0.0702. The van der Waals surface area contributed by atoms with Gasteiger partial charge in [-0.15, -0.1) is 0 Å². The number of benzene rings is 1. The number of carboxylic acids is 1. The van der Waals surface area contributed by atoms with Crippen LogP contribution in [-0.4, -0.2) is 44.3 Å². The Bertz CT molecular complexity index is 934. The first kappa shape index (κ1) is 19.1. The van der Waals surface area contributed by atoms with Gasteiger partial charge in [-0.05, 0) is 31.7 Å².